The molecule has 136 valence electrons. The summed E-state index contributed by atoms with van der Waals surface area (Å²) in [6.45, 7) is 3.98. The summed E-state index contributed by atoms with van der Waals surface area (Å²) >= 11 is 3.57. The Hall–Kier alpha value is -1.85. The molecule has 0 aliphatic carbocycles. The molecular weight excluding hydrogens is 390 g/mol. The lowest BCUT2D eigenvalue weighted by Crippen LogP contribution is -2.21. The lowest BCUT2D eigenvalue weighted by molar-refractivity contribution is 0.187. The summed E-state index contributed by atoms with van der Waals surface area (Å²) in [6, 6.07) is 12.0. The molecule has 0 spiro atoms. The largest absolute Gasteiger partial charge is 0.393 e. The van der Waals surface area contributed by atoms with Crippen LogP contribution in [0.3, 0.4) is 0 Å². The summed E-state index contributed by atoms with van der Waals surface area (Å²) in [5.41, 5.74) is 4.70. The van der Waals surface area contributed by atoms with E-state index in [2.05, 4.69) is 33.9 Å². The summed E-state index contributed by atoms with van der Waals surface area (Å²) in [7, 11) is 0. The Morgan fingerprint density at radius 3 is 2.77 bits per heavy atom. The van der Waals surface area contributed by atoms with Crippen LogP contribution in [0.4, 0.5) is 5.69 Å². The van der Waals surface area contributed by atoms with Gasteiger partial charge in [-0.05, 0) is 56.5 Å². The van der Waals surface area contributed by atoms with Crippen molar-refractivity contribution in [2.24, 2.45) is 9.98 Å². The summed E-state index contributed by atoms with van der Waals surface area (Å²) in [6.07, 6.45) is 4.86. The van der Waals surface area contributed by atoms with Crippen LogP contribution in [-0.2, 0) is 0 Å². The van der Waals surface area contributed by atoms with Crippen LogP contribution in [0.1, 0.15) is 50.8 Å². The van der Waals surface area contributed by atoms with Crippen molar-refractivity contribution < 1.29 is 5.11 Å². The van der Waals surface area contributed by atoms with Gasteiger partial charge >= 0.3 is 0 Å². The molecule has 0 saturated carbocycles. The standard InChI is InChI=1S/C21H24BrN3O/c1-3-6-18-19(10-8-14(2)26)24-17-11-9-15(22)13-16(17)21(25-18)20-7-4-5-12-23-20/h4-5,7,9,11-14,18,26H,3,6,8,10H2,1-2H3/t14-,18+/m1/s1. The Kier molecular flexibility index (Phi) is 6.33. The molecule has 26 heavy (non-hydrogen) atoms. The molecule has 0 saturated heterocycles. The van der Waals surface area contributed by atoms with Gasteiger partial charge in [0, 0.05) is 21.9 Å². The van der Waals surface area contributed by atoms with Crippen molar-refractivity contribution in [2.75, 3.05) is 0 Å². The van der Waals surface area contributed by atoms with Crippen molar-refractivity contribution in [1.82, 2.24) is 4.98 Å². The zero-order valence-corrected chi connectivity index (χ0v) is 16.8. The van der Waals surface area contributed by atoms with Crippen molar-refractivity contribution >= 4 is 33.0 Å². The number of fused-ring (bicyclic) bond motifs is 1. The molecule has 2 aromatic rings. The lowest BCUT2D eigenvalue weighted by Gasteiger charge is -2.15. The molecule has 1 aromatic heterocycles. The Bertz CT molecular complexity index is 815. The molecule has 0 amide bonds. The van der Waals surface area contributed by atoms with Gasteiger partial charge in [-0.3, -0.25) is 15.0 Å². The van der Waals surface area contributed by atoms with Crippen LogP contribution in [0.2, 0.25) is 0 Å². The molecule has 0 unspecified atom stereocenters. The quantitative estimate of drug-likeness (QED) is 0.715. The predicted molar refractivity (Wildman–Crippen MR) is 111 cm³/mol. The number of aliphatic hydroxyl groups excluding tert-OH is 1. The minimum atomic E-state index is -0.341. The zero-order valence-electron chi connectivity index (χ0n) is 15.2. The first-order valence-electron chi connectivity index (χ1n) is 9.13. The van der Waals surface area contributed by atoms with Crippen LogP contribution in [0.25, 0.3) is 0 Å². The number of pyridine rings is 1. The molecule has 2 heterocycles. The van der Waals surface area contributed by atoms with Crippen LogP contribution in [-0.4, -0.2) is 33.7 Å². The molecule has 4 nitrogen and oxygen atoms in total. The zero-order chi connectivity index (χ0) is 18.5. The molecule has 3 rings (SSSR count). The van der Waals surface area contributed by atoms with Gasteiger partial charge in [-0.15, -0.1) is 0 Å². The summed E-state index contributed by atoms with van der Waals surface area (Å²) < 4.78 is 0.995. The number of benzene rings is 1. The minimum absolute atomic E-state index is 0.0157. The number of aliphatic imine (C=N–C) groups is 2. The monoisotopic (exact) mass is 413 g/mol. The Morgan fingerprint density at radius 1 is 1.23 bits per heavy atom. The van der Waals surface area contributed by atoms with E-state index in [1.54, 1.807) is 6.20 Å². The molecule has 1 aliphatic rings. The highest BCUT2D eigenvalue weighted by Crippen LogP contribution is 2.31. The third-order valence-corrected chi connectivity index (χ3v) is 4.93. The number of aromatic nitrogens is 1. The van der Waals surface area contributed by atoms with E-state index in [1.807, 2.05) is 37.3 Å². The average Bonchev–Trinajstić information content (AvgIpc) is 2.78. The third-order valence-electron chi connectivity index (χ3n) is 4.44. The fraction of sp³-hybridized carbons (Fsp3) is 0.381. The highest BCUT2D eigenvalue weighted by atomic mass is 79.9. The van der Waals surface area contributed by atoms with E-state index in [1.165, 1.54) is 0 Å². The molecule has 5 heteroatoms. The van der Waals surface area contributed by atoms with Crippen molar-refractivity contribution in [3.8, 4) is 0 Å². The summed E-state index contributed by atoms with van der Waals surface area (Å²) in [4.78, 5) is 14.6. The van der Waals surface area contributed by atoms with Gasteiger partial charge in [-0.25, -0.2) is 0 Å². The molecule has 1 aromatic carbocycles. The fourth-order valence-electron chi connectivity index (χ4n) is 3.12. The first kappa shape index (κ1) is 18.9. The number of hydrogen-bond acceptors (Lipinski definition) is 4. The summed E-state index contributed by atoms with van der Waals surface area (Å²) in [5, 5.41) is 9.72. The van der Waals surface area contributed by atoms with Gasteiger partial charge in [0.2, 0.25) is 0 Å². The highest BCUT2D eigenvalue weighted by molar-refractivity contribution is 9.10. The van der Waals surface area contributed by atoms with Crippen molar-refractivity contribution in [2.45, 2.75) is 51.7 Å². The molecule has 1 aliphatic heterocycles. The second-order valence-electron chi connectivity index (χ2n) is 6.65. The molecule has 0 bridgehead atoms. The number of hydrogen-bond donors (Lipinski definition) is 1. The van der Waals surface area contributed by atoms with Crippen LogP contribution < -0.4 is 0 Å². The maximum atomic E-state index is 9.72. The first-order chi connectivity index (χ1) is 12.6. The minimum Gasteiger partial charge on any atom is -0.393 e. The number of aliphatic hydroxyl groups is 1. The van der Waals surface area contributed by atoms with Crippen molar-refractivity contribution in [1.29, 1.82) is 0 Å². The van der Waals surface area contributed by atoms with E-state index in [4.69, 9.17) is 9.98 Å². The maximum absolute atomic E-state index is 9.72. The molecule has 1 N–H and O–H groups in total. The Balaban J connectivity index is 2.13. The lowest BCUT2D eigenvalue weighted by atomic mass is 10.0. The topological polar surface area (TPSA) is 57.8 Å². The third kappa shape index (κ3) is 4.46. The van der Waals surface area contributed by atoms with Crippen LogP contribution >= 0.6 is 15.9 Å². The van der Waals surface area contributed by atoms with Gasteiger partial charge in [0.25, 0.3) is 0 Å². The second-order valence-corrected chi connectivity index (χ2v) is 7.57. The normalized spacial score (nSPS) is 17.8. The number of nitrogens with zero attached hydrogens (tertiary/aromatic N) is 3. The van der Waals surface area contributed by atoms with E-state index in [0.717, 1.165) is 52.1 Å². The van der Waals surface area contributed by atoms with Gasteiger partial charge < -0.3 is 5.11 Å². The van der Waals surface area contributed by atoms with E-state index in [0.29, 0.717) is 6.42 Å². The van der Waals surface area contributed by atoms with Gasteiger partial charge in [-0.1, -0.05) is 35.3 Å². The SMILES string of the molecule is CCC[C@@H]1N=C(c2ccccn2)c2cc(Br)ccc2N=C1CC[C@@H](C)O. The average molecular weight is 414 g/mol. The first-order valence-corrected chi connectivity index (χ1v) is 9.92. The smallest absolute Gasteiger partial charge is 0.0933 e. The van der Waals surface area contributed by atoms with Crippen molar-refractivity contribution in [3.05, 3.63) is 58.3 Å². The fourth-order valence-corrected chi connectivity index (χ4v) is 3.48. The van der Waals surface area contributed by atoms with E-state index < -0.39 is 0 Å². The van der Waals surface area contributed by atoms with Crippen LogP contribution in [0.15, 0.2) is 57.1 Å². The Labute approximate surface area is 163 Å². The molecule has 2 atom stereocenters. The predicted octanol–water partition coefficient (Wildman–Crippen LogP) is 5.10. The number of rotatable bonds is 6. The maximum Gasteiger partial charge on any atom is 0.0933 e. The summed E-state index contributed by atoms with van der Waals surface area (Å²) in [5.74, 6) is 0. The van der Waals surface area contributed by atoms with Crippen LogP contribution in [0.5, 0.6) is 0 Å². The van der Waals surface area contributed by atoms with Gasteiger partial charge in [0.05, 0.1) is 29.2 Å². The van der Waals surface area contributed by atoms with Crippen LogP contribution in [0, 0.1) is 0 Å². The van der Waals surface area contributed by atoms with E-state index in [-0.39, 0.29) is 12.1 Å². The van der Waals surface area contributed by atoms with E-state index >= 15 is 0 Å². The Morgan fingerprint density at radius 2 is 2.08 bits per heavy atom. The molecular formula is C21H24BrN3O. The van der Waals surface area contributed by atoms with Gasteiger partial charge in [0.1, 0.15) is 0 Å². The molecule has 0 radical (unpaired) electrons. The molecule has 0 fully saturated rings. The van der Waals surface area contributed by atoms with Gasteiger partial charge in [0.15, 0.2) is 0 Å². The van der Waals surface area contributed by atoms with Gasteiger partial charge in [-0.2, -0.15) is 0 Å². The number of halogens is 1. The van der Waals surface area contributed by atoms with Crippen molar-refractivity contribution in [3.63, 3.8) is 0 Å². The van der Waals surface area contributed by atoms with E-state index in [9.17, 15) is 5.11 Å². The second kappa shape index (κ2) is 8.69. The highest BCUT2D eigenvalue weighted by Gasteiger charge is 2.23.